The molecule has 1 rings (SSSR count). The Bertz CT molecular complexity index is 345. The van der Waals surface area contributed by atoms with Gasteiger partial charge in [0.15, 0.2) is 0 Å². The molecule has 0 bridgehead atoms. The third kappa shape index (κ3) is 3.63. The lowest BCUT2D eigenvalue weighted by Crippen LogP contribution is -2.11. The predicted octanol–water partition coefficient (Wildman–Crippen LogP) is 1.22. The molecule has 0 spiro atoms. The fraction of sp³-hybridized carbons (Fsp3) is 0.375. The van der Waals surface area contributed by atoms with Gasteiger partial charge in [-0.15, -0.1) is 0 Å². The molecule has 0 amide bonds. The smallest absolute Gasteiger partial charge is 0.140 e. The Labute approximate surface area is 93.9 Å². The first-order valence-corrected chi connectivity index (χ1v) is 6.56. The van der Waals surface area contributed by atoms with Crippen molar-refractivity contribution < 1.29 is 4.21 Å². The molecule has 78 valence electrons. The zero-order chi connectivity index (χ0) is 10.6. The SMILES string of the molecule is CS(=O)CCNc1ncc(N)cc1Br. The predicted molar refractivity (Wildman–Crippen MR) is 63.8 cm³/mol. The van der Waals surface area contributed by atoms with Crippen LogP contribution < -0.4 is 11.1 Å². The van der Waals surface area contributed by atoms with Gasteiger partial charge in [0.1, 0.15) is 5.82 Å². The second kappa shape index (κ2) is 5.31. The Morgan fingerprint density at radius 2 is 2.43 bits per heavy atom. The molecule has 0 aliphatic heterocycles. The summed E-state index contributed by atoms with van der Waals surface area (Å²) in [7, 11) is -0.781. The molecule has 0 radical (unpaired) electrons. The van der Waals surface area contributed by atoms with Gasteiger partial charge in [-0.2, -0.15) is 0 Å². The van der Waals surface area contributed by atoms with Crippen LogP contribution in [0, 0.1) is 0 Å². The monoisotopic (exact) mass is 277 g/mol. The van der Waals surface area contributed by atoms with Gasteiger partial charge in [-0.05, 0) is 22.0 Å². The van der Waals surface area contributed by atoms with Gasteiger partial charge in [-0.1, -0.05) is 0 Å². The Balaban J connectivity index is 2.55. The summed E-state index contributed by atoms with van der Waals surface area (Å²) >= 11 is 3.33. The fourth-order valence-corrected chi connectivity index (χ4v) is 1.79. The van der Waals surface area contributed by atoms with Crippen LogP contribution in [0.15, 0.2) is 16.7 Å². The van der Waals surface area contributed by atoms with Gasteiger partial charge in [0.05, 0.1) is 16.4 Å². The van der Waals surface area contributed by atoms with Crippen molar-refractivity contribution in [3.8, 4) is 0 Å². The highest BCUT2D eigenvalue weighted by Crippen LogP contribution is 2.21. The van der Waals surface area contributed by atoms with Gasteiger partial charge < -0.3 is 11.1 Å². The minimum atomic E-state index is -0.781. The average Bonchev–Trinajstić information content (AvgIpc) is 2.08. The third-order valence-electron chi connectivity index (χ3n) is 1.54. The summed E-state index contributed by atoms with van der Waals surface area (Å²) in [5, 5.41) is 3.06. The molecule has 0 aromatic carbocycles. The number of halogens is 1. The second-order valence-electron chi connectivity index (χ2n) is 2.80. The Morgan fingerprint density at radius 3 is 3.00 bits per heavy atom. The lowest BCUT2D eigenvalue weighted by atomic mass is 10.4. The first kappa shape index (κ1) is 11.5. The van der Waals surface area contributed by atoms with Crippen LogP contribution in [-0.2, 0) is 10.8 Å². The van der Waals surface area contributed by atoms with Crippen molar-refractivity contribution in [3.05, 3.63) is 16.7 Å². The van der Waals surface area contributed by atoms with Gasteiger partial charge in [0.2, 0.25) is 0 Å². The van der Waals surface area contributed by atoms with Crippen LogP contribution in [0.1, 0.15) is 0 Å². The summed E-state index contributed by atoms with van der Waals surface area (Å²) in [6.45, 7) is 0.638. The molecule has 1 aromatic rings. The standard InChI is InChI=1S/C8H12BrN3OS/c1-14(13)3-2-11-8-7(9)4-6(10)5-12-8/h4-5H,2-3,10H2,1H3,(H,11,12). The largest absolute Gasteiger partial charge is 0.397 e. The van der Waals surface area contributed by atoms with Gasteiger partial charge >= 0.3 is 0 Å². The zero-order valence-electron chi connectivity index (χ0n) is 7.79. The lowest BCUT2D eigenvalue weighted by Gasteiger charge is -2.06. The molecule has 4 nitrogen and oxygen atoms in total. The maximum atomic E-state index is 10.8. The third-order valence-corrected chi connectivity index (χ3v) is 2.93. The molecule has 0 fully saturated rings. The van der Waals surface area contributed by atoms with E-state index in [-0.39, 0.29) is 0 Å². The van der Waals surface area contributed by atoms with Crippen LogP contribution in [0.3, 0.4) is 0 Å². The van der Waals surface area contributed by atoms with E-state index in [1.54, 1.807) is 18.5 Å². The van der Waals surface area contributed by atoms with E-state index >= 15 is 0 Å². The van der Waals surface area contributed by atoms with Crippen molar-refractivity contribution in [2.75, 3.05) is 29.6 Å². The minimum Gasteiger partial charge on any atom is -0.397 e. The number of rotatable bonds is 4. The number of pyridine rings is 1. The first-order chi connectivity index (χ1) is 6.59. The van der Waals surface area contributed by atoms with Crippen LogP contribution in [0.4, 0.5) is 11.5 Å². The lowest BCUT2D eigenvalue weighted by molar-refractivity contribution is 0.687. The molecule has 3 N–H and O–H groups in total. The molecule has 0 aliphatic carbocycles. The highest BCUT2D eigenvalue weighted by atomic mass is 79.9. The van der Waals surface area contributed by atoms with Crippen LogP contribution >= 0.6 is 15.9 Å². The van der Waals surface area contributed by atoms with E-state index in [4.69, 9.17) is 5.73 Å². The van der Waals surface area contributed by atoms with E-state index in [2.05, 4.69) is 26.2 Å². The van der Waals surface area contributed by atoms with Crippen LogP contribution in [0.5, 0.6) is 0 Å². The number of aromatic nitrogens is 1. The first-order valence-electron chi connectivity index (χ1n) is 4.04. The molecule has 1 heterocycles. The van der Waals surface area contributed by atoms with Crippen molar-refractivity contribution in [1.82, 2.24) is 4.98 Å². The minimum absolute atomic E-state index is 0.610. The number of anilines is 2. The molecule has 1 aromatic heterocycles. The number of nitrogens with two attached hydrogens (primary N) is 1. The number of nitrogen functional groups attached to an aromatic ring is 1. The maximum absolute atomic E-state index is 10.8. The highest BCUT2D eigenvalue weighted by molar-refractivity contribution is 9.10. The summed E-state index contributed by atoms with van der Waals surface area (Å²) in [6, 6.07) is 1.78. The van der Waals surface area contributed by atoms with Crippen LogP contribution in [0.2, 0.25) is 0 Å². The van der Waals surface area contributed by atoms with E-state index in [1.165, 1.54) is 0 Å². The van der Waals surface area contributed by atoms with Gasteiger partial charge in [-0.3, -0.25) is 4.21 Å². The zero-order valence-corrected chi connectivity index (χ0v) is 10.2. The van der Waals surface area contributed by atoms with Crippen LogP contribution in [-0.4, -0.2) is 27.7 Å². The molecule has 6 heteroatoms. The number of hydrogen-bond donors (Lipinski definition) is 2. The Morgan fingerprint density at radius 1 is 1.71 bits per heavy atom. The molecular weight excluding hydrogens is 266 g/mol. The van der Waals surface area contributed by atoms with Crippen molar-refractivity contribution in [2.45, 2.75) is 0 Å². The van der Waals surface area contributed by atoms with Gasteiger partial charge in [-0.25, -0.2) is 4.98 Å². The van der Waals surface area contributed by atoms with E-state index in [0.29, 0.717) is 18.0 Å². The average molecular weight is 278 g/mol. The van der Waals surface area contributed by atoms with E-state index in [1.807, 2.05) is 0 Å². The van der Waals surface area contributed by atoms with Crippen molar-refractivity contribution >= 4 is 38.2 Å². The summed E-state index contributed by atoms with van der Waals surface area (Å²) < 4.78 is 11.6. The fourth-order valence-electron chi connectivity index (χ4n) is 0.896. The Hall–Kier alpha value is -0.620. The number of hydrogen-bond acceptors (Lipinski definition) is 4. The van der Waals surface area contributed by atoms with Crippen molar-refractivity contribution in [2.24, 2.45) is 0 Å². The maximum Gasteiger partial charge on any atom is 0.140 e. The molecule has 0 saturated carbocycles. The van der Waals surface area contributed by atoms with Crippen molar-refractivity contribution in [3.63, 3.8) is 0 Å². The Kier molecular flexibility index (Phi) is 4.34. The summed E-state index contributed by atoms with van der Waals surface area (Å²) in [6.07, 6.45) is 3.25. The normalized spacial score (nSPS) is 12.4. The summed E-state index contributed by atoms with van der Waals surface area (Å²) in [5.74, 6) is 1.34. The van der Waals surface area contributed by atoms with Crippen molar-refractivity contribution in [1.29, 1.82) is 0 Å². The molecule has 0 saturated heterocycles. The second-order valence-corrected chi connectivity index (χ2v) is 5.21. The molecule has 1 unspecified atom stereocenters. The van der Waals surface area contributed by atoms with E-state index in [9.17, 15) is 4.21 Å². The van der Waals surface area contributed by atoms with Crippen LogP contribution in [0.25, 0.3) is 0 Å². The quantitative estimate of drug-likeness (QED) is 0.869. The van der Waals surface area contributed by atoms with Gasteiger partial charge in [0.25, 0.3) is 0 Å². The van der Waals surface area contributed by atoms with E-state index < -0.39 is 10.8 Å². The number of nitrogens with one attached hydrogen (secondary N) is 1. The highest BCUT2D eigenvalue weighted by Gasteiger charge is 2.00. The molecule has 1 atom stereocenters. The van der Waals surface area contributed by atoms with E-state index in [0.717, 1.165) is 10.3 Å². The summed E-state index contributed by atoms with van der Waals surface area (Å²) in [5.41, 5.74) is 6.15. The molecular formula is C8H12BrN3OS. The number of nitrogens with zero attached hydrogens (tertiary/aromatic N) is 1. The topological polar surface area (TPSA) is 68.0 Å². The molecule has 14 heavy (non-hydrogen) atoms. The van der Waals surface area contributed by atoms with Gasteiger partial charge in [0, 0.05) is 29.4 Å². The molecule has 0 aliphatic rings. The summed E-state index contributed by atoms with van der Waals surface area (Å²) in [4.78, 5) is 4.09.